The largest absolute Gasteiger partial charge is 0.497 e. The van der Waals surface area contributed by atoms with Crippen molar-refractivity contribution in [3.63, 3.8) is 0 Å². The second-order valence-electron chi connectivity index (χ2n) is 9.84. The fourth-order valence-electron chi connectivity index (χ4n) is 5.44. The third-order valence-electron chi connectivity index (χ3n) is 7.24. The molecule has 1 aliphatic heterocycles. The highest BCUT2D eigenvalue weighted by atomic mass is 32.1. The first-order valence-electron chi connectivity index (χ1n) is 13.1. The Morgan fingerprint density at radius 1 is 1.02 bits per heavy atom. The molecule has 1 saturated heterocycles. The molecular weight excluding hydrogens is 522 g/mol. The Kier molecular flexibility index (Phi) is 7.86. The van der Waals surface area contributed by atoms with Crippen LogP contribution in [0.25, 0.3) is 5.69 Å². The quantitative estimate of drug-likeness (QED) is 0.275. The van der Waals surface area contributed by atoms with Crippen molar-refractivity contribution in [2.45, 2.75) is 32.9 Å². The van der Waals surface area contributed by atoms with Gasteiger partial charge in [-0.05, 0) is 92.6 Å². The molecule has 2 N–H and O–H groups in total. The van der Waals surface area contributed by atoms with Crippen molar-refractivity contribution in [1.29, 1.82) is 0 Å². The Morgan fingerprint density at radius 2 is 1.85 bits per heavy atom. The summed E-state index contributed by atoms with van der Waals surface area (Å²) in [7, 11) is 3.18. The van der Waals surface area contributed by atoms with Crippen LogP contribution in [-0.2, 0) is 9.53 Å². The molecule has 1 aliphatic rings. The van der Waals surface area contributed by atoms with Gasteiger partial charge in [-0.1, -0.05) is 12.1 Å². The molecule has 4 aromatic rings. The molecule has 9 heteroatoms. The zero-order chi connectivity index (χ0) is 28.4. The SMILES string of the molecule is COCC(=O)Nc1ccc(N2C(=S)N[C@H](c3ccccn3)[C@@H]2c2cc(C)n(-c3cccc(OC)c3)c2C)cc1C. The van der Waals surface area contributed by atoms with E-state index in [1.54, 1.807) is 13.3 Å². The molecule has 2 aromatic heterocycles. The number of ether oxygens (including phenoxy) is 2. The van der Waals surface area contributed by atoms with Gasteiger partial charge in [-0.2, -0.15) is 0 Å². The number of anilines is 2. The summed E-state index contributed by atoms with van der Waals surface area (Å²) < 4.78 is 12.7. The predicted octanol–water partition coefficient (Wildman–Crippen LogP) is 5.57. The minimum absolute atomic E-state index is 0.00193. The highest BCUT2D eigenvalue weighted by Crippen LogP contribution is 2.44. The lowest BCUT2D eigenvalue weighted by molar-refractivity contribution is -0.119. The minimum atomic E-state index is -0.199. The number of pyridine rings is 1. The number of aromatic nitrogens is 2. The van der Waals surface area contributed by atoms with E-state index in [1.807, 2.05) is 61.5 Å². The van der Waals surface area contributed by atoms with Gasteiger partial charge >= 0.3 is 0 Å². The predicted molar refractivity (Wildman–Crippen MR) is 161 cm³/mol. The lowest BCUT2D eigenvalue weighted by atomic mass is 9.96. The zero-order valence-corrected chi connectivity index (χ0v) is 24.1. The summed E-state index contributed by atoms with van der Waals surface area (Å²) in [5.74, 6) is 0.603. The number of nitrogens with zero attached hydrogens (tertiary/aromatic N) is 3. The van der Waals surface area contributed by atoms with Crippen LogP contribution >= 0.6 is 12.2 Å². The van der Waals surface area contributed by atoms with E-state index in [4.69, 9.17) is 21.7 Å². The average Bonchev–Trinajstić information content (AvgIpc) is 3.45. The van der Waals surface area contributed by atoms with Crippen LogP contribution in [0.5, 0.6) is 5.75 Å². The first kappa shape index (κ1) is 27.4. The molecule has 206 valence electrons. The number of methoxy groups -OCH3 is 2. The van der Waals surface area contributed by atoms with Gasteiger partial charge in [0.1, 0.15) is 12.4 Å². The summed E-state index contributed by atoms with van der Waals surface area (Å²) in [4.78, 5) is 19.0. The number of carbonyl (C=O) groups is 1. The molecule has 0 spiro atoms. The van der Waals surface area contributed by atoms with E-state index in [1.165, 1.54) is 7.11 Å². The van der Waals surface area contributed by atoms with Gasteiger partial charge in [-0.3, -0.25) is 9.78 Å². The van der Waals surface area contributed by atoms with Gasteiger partial charge in [0.15, 0.2) is 5.11 Å². The third-order valence-corrected chi connectivity index (χ3v) is 7.55. The van der Waals surface area contributed by atoms with E-state index in [0.29, 0.717) is 5.11 Å². The first-order valence-corrected chi connectivity index (χ1v) is 13.5. The monoisotopic (exact) mass is 555 g/mol. The van der Waals surface area contributed by atoms with Gasteiger partial charge in [0, 0.05) is 47.8 Å². The van der Waals surface area contributed by atoms with Crippen LogP contribution in [0.2, 0.25) is 0 Å². The van der Waals surface area contributed by atoms with Gasteiger partial charge in [-0.15, -0.1) is 0 Å². The number of hydrogen-bond donors (Lipinski definition) is 2. The van der Waals surface area contributed by atoms with E-state index >= 15 is 0 Å². The number of rotatable bonds is 8. The van der Waals surface area contributed by atoms with E-state index in [0.717, 1.165) is 51.0 Å². The molecule has 0 saturated carbocycles. The smallest absolute Gasteiger partial charge is 0.250 e. The van der Waals surface area contributed by atoms with Crippen molar-refractivity contribution in [1.82, 2.24) is 14.9 Å². The van der Waals surface area contributed by atoms with Crippen LogP contribution in [0.3, 0.4) is 0 Å². The Morgan fingerprint density at radius 3 is 2.55 bits per heavy atom. The lowest BCUT2D eigenvalue weighted by Gasteiger charge is -2.29. The van der Waals surface area contributed by atoms with Crippen molar-refractivity contribution in [3.05, 3.63) is 101 Å². The van der Waals surface area contributed by atoms with Crippen LogP contribution < -0.4 is 20.3 Å². The van der Waals surface area contributed by atoms with Gasteiger partial charge < -0.3 is 29.6 Å². The molecule has 0 radical (unpaired) electrons. The van der Waals surface area contributed by atoms with Crippen molar-refractivity contribution < 1.29 is 14.3 Å². The average molecular weight is 556 g/mol. The second-order valence-corrected chi connectivity index (χ2v) is 10.2. The molecule has 1 fully saturated rings. The molecule has 1 amide bonds. The van der Waals surface area contributed by atoms with Crippen LogP contribution in [-0.4, -0.2) is 41.4 Å². The summed E-state index contributed by atoms with van der Waals surface area (Å²) in [5, 5.41) is 7.07. The first-order chi connectivity index (χ1) is 19.3. The fraction of sp³-hybridized carbons (Fsp3) is 0.258. The van der Waals surface area contributed by atoms with Crippen LogP contribution in [0.4, 0.5) is 11.4 Å². The standard InChI is InChI=1S/C31H33N5O3S/c1-19-15-23(12-13-26(19)33-28(37)18-38-4)36-30(29(34-31(36)40)27-11-6-7-14-32-27)25-16-20(2)35(21(25)3)22-9-8-10-24(17-22)39-5/h6-17,29-30H,18H2,1-5H3,(H,33,37)(H,34,40)/t29-,30+/m1/s1. The van der Waals surface area contributed by atoms with Gasteiger partial charge in [0.25, 0.3) is 0 Å². The molecule has 40 heavy (non-hydrogen) atoms. The van der Waals surface area contributed by atoms with E-state index in [9.17, 15) is 4.79 Å². The highest BCUT2D eigenvalue weighted by molar-refractivity contribution is 7.80. The fourth-order valence-corrected chi connectivity index (χ4v) is 5.78. The minimum Gasteiger partial charge on any atom is -0.497 e. The number of benzene rings is 2. The molecular formula is C31H33N5O3S. The van der Waals surface area contributed by atoms with Crippen LogP contribution in [0.15, 0.2) is 72.9 Å². The van der Waals surface area contributed by atoms with Crippen molar-refractivity contribution in [3.8, 4) is 11.4 Å². The third kappa shape index (κ3) is 5.17. The van der Waals surface area contributed by atoms with Crippen molar-refractivity contribution in [2.24, 2.45) is 0 Å². The topological polar surface area (TPSA) is 80.7 Å². The zero-order valence-electron chi connectivity index (χ0n) is 23.3. The van der Waals surface area contributed by atoms with Gasteiger partial charge in [0.05, 0.1) is 24.9 Å². The van der Waals surface area contributed by atoms with E-state index in [2.05, 4.69) is 51.1 Å². The Labute approximate surface area is 239 Å². The van der Waals surface area contributed by atoms with Crippen molar-refractivity contribution >= 4 is 34.6 Å². The second kappa shape index (κ2) is 11.5. The maximum atomic E-state index is 12.1. The summed E-state index contributed by atoms with van der Waals surface area (Å²) in [6.07, 6.45) is 1.81. The molecule has 0 aliphatic carbocycles. The summed E-state index contributed by atoms with van der Waals surface area (Å²) in [6.45, 7) is 6.21. The van der Waals surface area contributed by atoms with Gasteiger partial charge in [0.2, 0.25) is 5.91 Å². The van der Waals surface area contributed by atoms with E-state index in [-0.39, 0.29) is 24.6 Å². The number of hydrogen-bond acceptors (Lipinski definition) is 5. The Balaban J connectivity index is 1.61. The number of nitrogens with one attached hydrogen (secondary N) is 2. The summed E-state index contributed by atoms with van der Waals surface area (Å²) in [5.41, 5.74) is 7.86. The van der Waals surface area contributed by atoms with Crippen LogP contribution in [0.1, 0.15) is 40.3 Å². The lowest BCUT2D eigenvalue weighted by Crippen LogP contribution is -2.29. The van der Waals surface area contributed by atoms with Crippen LogP contribution in [0, 0.1) is 20.8 Å². The molecule has 8 nitrogen and oxygen atoms in total. The Hall–Kier alpha value is -4.21. The van der Waals surface area contributed by atoms with Crippen molar-refractivity contribution in [2.75, 3.05) is 31.0 Å². The highest BCUT2D eigenvalue weighted by Gasteiger charge is 2.42. The number of amides is 1. The number of carbonyl (C=O) groups excluding carboxylic acids is 1. The maximum absolute atomic E-state index is 12.1. The maximum Gasteiger partial charge on any atom is 0.250 e. The normalized spacial score (nSPS) is 16.6. The molecule has 0 bridgehead atoms. The Bertz CT molecular complexity index is 1550. The molecule has 5 rings (SSSR count). The number of aryl methyl sites for hydroxylation is 2. The molecule has 2 aromatic carbocycles. The molecule has 2 atom stereocenters. The van der Waals surface area contributed by atoms with E-state index < -0.39 is 0 Å². The molecule has 0 unspecified atom stereocenters. The number of thiocarbonyl (C=S) groups is 1. The molecule has 3 heterocycles. The van der Waals surface area contributed by atoms with Gasteiger partial charge in [-0.25, -0.2) is 0 Å². The summed E-state index contributed by atoms with van der Waals surface area (Å²) in [6, 6.07) is 21.8. The summed E-state index contributed by atoms with van der Waals surface area (Å²) >= 11 is 5.94.